The Kier molecular flexibility index (Phi) is 5.52. The van der Waals surface area contributed by atoms with Crippen molar-refractivity contribution in [2.24, 2.45) is 0 Å². The van der Waals surface area contributed by atoms with E-state index < -0.39 is 8.07 Å². The van der Waals surface area contributed by atoms with Crippen molar-refractivity contribution in [3.8, 4) is 17.4 Å². The van der Waals surface area contributed by atoms with Gasteiger partial charge < -0.3 is 0 Å². The van der Waals surface area contributed by atoms with Gasteiger partial charge in [0.25, 0.3) is 0 Å². The lowest BCUT2D eigenvalue weighted by atomic mass is 10.2. The summed E-state index contributed by atoms with van der Waals surface area (Å²) in [5.74, 6) is 4.26. The lowest BCUT2D eigenvalue weighted by Crippen LogP contribution is -2.43. The molecule has 0 fully saturated rings. The lowest BCUT2D eigenvalue weighted by Gasteiger charge is -2.38. The van der Waals surface area contributed by atoms with Crippen LogP contribution < -0.4 is 0 Å². The minimum atomic E-state index is -1.80. The van der Waals surface area contributed by atoms with E-state index in [-0.39, 0.29) is 0 Å². The van der Waals surface area contributed by atoms with Crippen LogP contribution in [0.15, 0.2) is 48.8 Å². The van der Waals surface area contributed by atoms with Gasteiger partial charge >= 0.3 is 0 Å². The molecule has 0 bridgehead atoms. The smallest absolute Gasteiger partial charge is 0.235 e. The van der Waals surface area contributed by atoms with E-state index in [2.05, 4.69) is 91.8 Å². The first-order valence-electron chi connectivity index (χ1n) is 9.79. The first kappa shape index (κ1) is 19.4. The maximum absolute atomic E-state index is 4.48. The van der Waals surface area contributed by atoms with Crippen molar-refractivity contribution in [2.75, 3.05) is 0 Å². The monoisotopic (exact) mass is 375 g/mol. The number of aromatic nitrogens is 3. The van der Waals surface area contributed by atoms with E-state index in [1.54, 1.807) is 12.4 Å². The summed E-state index contributed by atoms with van der Waals surface area (Å²) >= 11 is 0. The van der Waals surface area contributed by atoms with E-state index in [0.717, 1.165) is 11.2 Å². The van der Waals surface area contributed by atoms with Crippen LogP contribution in [-0.2, 0) is 0 Å². The molecule has 2 aromatic heterocycles. The number of fused-ring (bicyclic) bond motifs is 1. The van der Waals surface area contributed by atoms with E-state index in [9.17, 15) is 0 Å². The van der Waals surface area contributed by atoms with Gasteiger partial charge in [0.05, 0.1) is 11.2 Å². The van der Waals surface area contributed by atoms with Gasteiger partial charge in [0, 0.05) is 17.8 Å². The lowest BCUT2D eigenvalue weighted by molar-refractivity contribution is 0.838. The Morgan fingerprint density at radius 1 is 0.852 bits per heavy atom. The van der Waals surface area contributed by atoms with Gasteiger partial charge in [-0.2, -0.15) is 0 Å². The Hall–Kier alpha value is -2.38. The molecule has 0 aliphatic carbocycles. The third kappa shape index (κ3) is 3.44. The standard InChI is InChI=1S/C23H29N3Si/c1-17(2)27(18(3)4,19(5)6)15-12-21-16-20-10-7-8-11-22(20)26(21)23-24-13-9-14-25-23/h7-11,13-14,16-19H,1-6H3. The summed E-state index contributed by atoms with van der Waals surface area (Å²) in [6.45, 7) is 14.1. The summed E-state index contributed by atoms with van der Waals surface area (Å²) in [4.78, 5) is 8.95. The third-order valence-electron chi connectivity index (χ3n) is 5.74. The highest BCUT2D eigenvalue weighted by Crippen LogP contribution is 2.40. The molecule has 0 saturated heterocycles. The predicted octanol–water partition coefficient (Wildman–Crippen LogP) is 5.99. The van der Waals surface area contributed by atoms with Crippen LogP contribution in [0.3, 0.4) is 0 Å². The van der Waals surface area contributed by atoms with Gasteiger partial charge in [-0.15, -0.1) is 5.54 Å². The van der Waals surface area contributed by atoms with Gasteiger partial charge in [-0.05, 0) is 34.8 Å². The largest absolute Gasteiger partial charge is 0.271 e. The molecule has 0 saturated carbocycles. The van der Waals surface area contributed by atoms with Gasteiger partial charge in [-0.25, -0.2) is 9.97 Å². The summed E-state index contributed by atoms with van der Waals surface area (Å²) in [7, 11) is -1.80. The van der Waals surface area contributed by atoms with Crippen molar-refractivity contribution in [3.05, 3.63) is 54.5 Å². The number of nitrogens with zero attached hydrogens (tertiary/aromatic N) is 3. The second-order valence-electron chi connectivity index (χ2n) is 8.12. The maximum Gasteiger partial charge on any atom is 0.235 e. The summed E-state index contributed by atoms with van der Waals surface area (Å²) < 4.78 is 2.09. The zero-order valence-electron chi connectivity index (χ0n) is 17.2. The molecule has 0 unspecified atom stereocenters. The molecule has 140 valence electrons. The Morgan fingerprint density at radius 3 is 2.04 bits per heavy atom. The second kappa shape index (κ2) is 7.70. The van der Waals surface area contributed by atoms with Crippen LogP contribution in [0.2, 0.25) is 16.6 Å². The first-order valence-corrected chi connectivity index (χ1v) is 12.0. The molecule has 2 heterocycles. The molecule has 0 spiro atoms. The fourth-order valence-corrected chi connectivity index (χ4v) is 9.68. The highest BCUT2D eigenvalue weighted by molar-refractivity contribution is 6.90. The molecule has 0 aliphatic rings. The first-order chi connectivity index (χ1) is 12.9. The van der Waals surface area contributed by atoms with E-state index in [4.69, 9.17) is 0 Å². The van der Waals surface area contributed by atoms with Crippen molar-refractivity contribution < 1.29 is 0 Å². The summed E-state index contributed by atoms with van der Waals surface area (Å²) in [6, 6.07) is 12.3. The van der Waals surface area contributed by atoms with Crippen LogP contribution in [0.5, 0.6) is 0 Å². The number of rotatable bonds is 4. The number of para-hydroxylation sites is 1. The highest BCUT2D eigenvalue weighted by atomic mass is 28.3. The van der Waals surface area contributed by atoms with E-state index in [0.29, 0.717) is 22.6 Å². The minimum Gasteiger partial charge on any atom is -0.271 e. The van der Waals surface area contributed by atoms with Crippen molar-refractivity contribution in [2.45, 2.75) is 58.2 Å². The molecule has 0 atom stereocenters. The Morgan fingerprint density at radius 2 is 1.44 bits per heavy atom. The number of hydrogen-bond donors (Lipinski definition) is 0. The number of benzene rings is 1. The van der Waals surface area contributed by atoms with Gasteiger partial charge in [0.1, 0.15) is 8.07 Å². The molecule has 0 aliphatic heterocycles. The van der Waals surface area contributed by atoms with E-state index >= 15 is 0 Å². The highest BCUT2D eigenvalue weighted by Gasteiger charge is 2.41. The summed E-state index contributed by atoms with van der Waals surface area (Å²) in [5, 5.41) is 1.17. The molecule has 0 amide bonds. The average molecular weight is 376 g/mol. The molecule has 3 nitrogen and oxygen atoms in total. The van der Waals surface area contributed by atoms with Crippen LogP contribution in [0.1, 0.15) is 47.2 Å². The van der Waals surface area contributed by atoms with Crippen LogP contribution in [0.25, 0.3) is 16.9 Å². The van der Waals surface area contributed by atoms with Crippen molar-refractivity contribution in [1.29, 1.82) is 0 Å². The Labute approximate surface area is 163 Å². The zero-order chi connectivity index (χ0) is 19.6. The van der Waals surface area contributed by atoms with E-state index in [1.807, 2.05) is 12.1 Å². The third-order valence-corrected chi connectivity index (χ3v) is 12.0. The normalized spacial score (nSPS) is 12.0. The van der Waals surface area contributed by atoms with Gasteiger partial charge in [-0.3, -0.25) is 4.57 Å². The molecule has 27 heavy (non-hydrogen) atoms. The van der Waals surface area contributed by atoms with Gasteiger partial charge in [0.15, 0.2) is 0 Å². The van der Waals surface area contributed by atoms with Crippen molar-refractivity contribution >= 4 is 19.0 Å². The molecule has 4 heteroatoms. The average Bonchev–Trinajstić information content (AvgIpc) is 3.00. The van der Waals surface area contributed by atoms with Crippen LogP contribution in [-0.4, -0.2) is 22.6 Å². The summed E-state index contributed by atoms with van der Waals surface area (Å²) in [5.41, 5.74) is 7.72. The molecule has 0 N–H and O–H groups in total. The fourth-order valence-electron chi connectivity index (χ4n) is 4.47. The van der Waals surface area contributed by atoms with Crippen molar-refractivity contribution in [3.63, 3.8) is 0 Å². The number of hydrogen-bond acceptors (Lipinski definition) is 2. The predicted molar refractivity (Wildman–Crippen MR) is 117 cm³/mol. The van der Waals surface area contributed by atoms with Crippen molar-refractivity contribution in [1.82, 2.24) is 14.5 Å². The zero-order valence-corrected chi connectivity index (χ0v) is 18.2. The Bertz CT molecular complexity index is 953. The molecule has 1 aromatic carbocycles. The van der Waals surface area contributed by atoms with Crippen LogP contribution in [0, 0.1) is 11.5 Å². The maximum atomic E-state index is 4.48. The molecule has 3 rings (SSSR count). The topological polar surface area (TPSA) is 30.7 Å². The van der Waals surface area contributed by atoms with Gasteiger partial charge in [0.2, 0.25) is 5.95 Å². The summed E-state index contributed by atoms with van der Waals surface area (Å²) in [6.07, 6.45) is 3.56. The fraction of sp³-hybridized carbons (Fsp3) is 0.391. The van der Waals surface area contributed by atoms with Crippen LogP contribution >= 0.6 is 0 Å². The molecular formula is C23H29N3Si. The quantitative estimate of drug-likeness (QED) is 0.414. The van der Waals surface area contributed by atoms with Gasteiger partial charge in [-0.1, -0.05) is 65.7 Å². The SMILES string of the molecule is CC(C)[Si](C#Cc1cc2ccccc2n1-c1ncccn1)(C(C)C)C(C)C. The molecule has 3 aromatic rings. The molecule has 0 radical (unpaired) electrons. The van der Waals surface area contributed by atoms with E-state index in [1.165, 1.54) is 5.39 Å². The second-order valence-corrected chi connectivity index (χ2v) is 13.7. The minimum absolute atomic E-state index is 0.607. The molecular weight excluding hydrogens is 346 g/mol. The Balaban J connectivity index is 2.24. The van der Waals surface area contributed by atoms with Crippen LogP contribution in [0.4, 0.5) is 0 Å².